The summed E-state index contributed by atoms with van der Waals surface area (Å²) in [4.78, 5) is 10.4. The van der Waals surface area contributed by atoms with Gasteiger partial charge in [-0.05, 0) is 31.5 Å². The third kappa shape index (κ3) is 4.55. The number of sulfonamides is 1. The van der Waals surface area contributed by atoms with Crippen molar-refractivity contribution in [3.63, 3.8) is 0 Å². The Morgan fingerprint density at radius 2 is 1.90 bits per heavy atom. The Morgan fingerprint density at radius 1 is 1.35 bits per heavy atom. The fourth-order valence-corrected chi connectivity index (χ4v) is 2.51. The van der Waals surface area contributed by atoms with E-state index in [9.17, 15) is 13.2 Å². The molecule has 0 saturated heterocycles. The molecule has 0 saturated carbocycles. The molecule has 0 aliphatic rings. The minimum Gasteiger partial charge on any atom is -0.481 e. The number of hydrogen-bond donors (Lipinski definition) is 2. The second kappa shape index (κ2) is 5.92. The Balaban J connectivity index is 2.81. The van der Waals surface area contributed by atoms with E-state index in [1.807, 2.05) is 0 Å². The Hall–Kier alpha value is -2.07. The van der Waals surface area contributed by atoms with Crippen molar-refractivity contribution in [3.05, 3.63) is 29.8 Å². The monoisotopic (exact) mass is 296 g/mol. The summed E-state index contributed by atoms with van der Waals surface area (Å²) in [5.74, 6) is -1.64. The summed E-state index contributed by atoms with van der Waals surface area (Å²) in [6.45, 7) is 3.53. The van der Waals surface area contributed by atoms with Gasteiger partial charge in [0, 0.05) is 5.69 Å². The van der Waals surface area contributed by atoms with Gasteiger partial charge in [0.25, 0.3) is 0 Å². The van der Waals surface area contributed by atoms with Crippen molar-refractivity contribution in [2.45, 2.75) is 25.7 Å². The molecular weight excluding hydrogens is 280 g/mol. The van der Waals surface area contributed by atoms with E-state index in [2.05, 4.69) is 10.8 Å². The molecule has 0 radical (unpaired) electrons. The van der Waals surface area contributed by atoms with Crippen molar-refractivity contribution in [2.75, 3.05) is 10.5 Å². The molecule has 0 fully saturated rings. The number of rotatable bonds is 6. The third-order valence-electron chi connectivity index (χ3n) is 2.74. The number of hydrogen-bond acceptors (Lipinski definition) is 4. The maximum atomic E-state index is 11.6. The molecule has 0 bridgehead atoms. The van der Waals surface area contributed by atoms with E-state index in [0.717, 1.165) is 5.56 Å². The number of carbonyl (C=O) groups is 1. The molecule has 0 atom stereocenters. The highest BCUT2D eigenvalue weighted by Gasteiger charge is 2.19. The quantitative estimate of drug-likeness (QED) is 0.830. The van der Waals surface area contributed by atoms with Crippen molar-refractivity contribution >= 4 is 21.7 Å². The molecule has 0 spiro atoms. The van der Waals surface area contributed by atoms with Gasteiger partial charge in [0.05, 0.1) is 23.7 Å². The van der Waals surface area contributed by atoms with Crippen molar-refractivity contribution in [2.24, 2.45) is 0 Å². The van der Waals surface area contributed by atoms with Gasteiger partial charge in [-0.2, -0.15) is 5.26 Å². The number of carboxylic acids is 1. The zero-order valence-corrected chi connectivity index (χ0v) is 12.1. The van der Waals surface area contributed by atoms with Crippen LogP contribution >= 0.6 is 0 Å². The molecule has 0 aromatic heterocycles. The SMILES string of the molecule is CC(C)(C#N)c1ccc(NS(=O)(=O)CCC(=O)O)cc1. The van der Waals surface area contributed by atoms with Gasteiger partial charge in [0.1, 0.15) is 0 Å². The first-order valence-corrected chi connectivity index (χ1v) is 7.55. The van der Waals surface area contributed by atoms with Crippen LogP contribution in [0.25, 0.3) is 0 Å². The van der Waals surface area contributed by atoms with Crippen LogP contribution in [-0.4, -0.2) is 25.2 Å². The number of nitrogens with zero attached hydrogens (tertiary/aromatic N) is 1. The van der Waals surface area contributed by atoms with Crippen LogP contribution < -0.4 is 4.72 Å². The van der Waals surface area contributed by atoms with Gasteiger partial charge in [0.15, 0.2) is 0 Å². The minimum atomic E-state index is -3.68. The van der Waals surface area contributed by atoms with E-state index in [1.54, 1.807) is 38.1 Å². The number of nitriles is 1. The molecule has 0 aliphatic carbocycles. The van der Waals surface area contributed by atoms with Gasteiger partial charge in [0.2, 0.25) is 10.0 Å². The van der Waals surface area contributed by atoms with Crippen LogP contribution in [0.3, 0.4) is 0 Å². The Kier molecular flexibility index (Phi) is 4.73. The van der Waals surface area contributed by atoms with Crippen LogP contribution in [0.15, 0.2) is 24.3 Å². The van der Waals surface area contributed by atoms with E-state index in [0.29, 0.717) is 5.69 Å². The average Bonchev–Trinajstić information content (AvgIpc) is 2.37. The molecule has 1 aromatic carbocycles. The average molecular weight is 296 g/mol. The summed E-state index contributed by atoms with van der Waals surface area (Å²) in [6, 6.07) is 8.58. The topological polar surface area (TPSA) is 107 Å². The van der Waals surface area contributed by atoms with Crippen LogP contribution in [0, 0.1) is 11.3 Å². The first-order valence-electron chi connectivity index (χ1n) is 5.90. The zero-order valence-electron chi connectivity index (χ0n) is 11.3. The normalized spacial score (nSPS) is 11.7. The number of nitrogens with one attached hydrogen (secondary N) is 1. The highest BCUT2D eigenvalue weighted by molar-refractivity contribution is 7.92. The lowest BCUT2D eigenvalue weighted by Gasteiger charge is -2.16. The summed E-state index contributed by atoms with van der Waals surface area (Å²) in [7, 11) is -3.68. The van der Waals surface area contributed by atoms with Gasteiger partial charge < -0.3 is 5.11 Å². The van der Waals surface area contributed by atoms with Crippen molar-refractivity contribution in [3.8, 4) is 6.07 Å². The molecule has 7 heteroatoms. The van der Waals surface area contributed by atoms with Gasteiger partial charge in [-0.15, -0.1) is 0 Å². The lowest BCUT2D eigenvalue weighted by molar-refractivity contribution is -0.136. The van der Waals surface area contributed by atoms with Crippen LogP contribution in [0.4, 0.5) is 5.69 Å². The molecule has 108 valence electrons. The third-order valence-corrected chi connectivity index (χ3v) is 4.03. The molecule has 6 nitrogen and oxygen atoms in total. The standard InChI is InChI=1S/C13H16N2O4S/c1-13(2,9-14)10-3-5-11(6-4-10)15-20(18,19)8-7-12(16)17/h3-6,15H,7-8H2,1-2H3,(H,16,17). The van der Waals surface area contributed by atoms with E-state index in [4.69, 9.17) is 10.4 Å². The minimum absolute atomic E-state index is 0.341. The zero-order chi connectivity index (χ0) is 15.4. The number of aliphatic carboxylic acids is 1. The van der Waals surface area contributed by atoms with Crippen LogP contribution in [-0.2, 0) is 20.2 Å². The smallest absolute Gasteiger partial charge is 0.304 e. The molecule has 1 aromatic rings. The summed E-state index contributed by atoms with van der Waals surface area (Å²) < 4.78 is 25.5. The van der Waals surface area contributed by atoms with Gasteiger partial charge in [-0.25, -0.2) is 8.42 Å². The summed E-state index contributed by atoms with van der Waals surface area (Å²) in [6.07, 6.45) is -0.450. The fraction of sp³-hybridized carbons (Fsp3) is 0.385. The molecule has 20 heavy (non-hydrogen) atoms. The molecule has 0 heterocycles. The van der Waals surface area contributed by atoms with E-state index in [-0.39, 0.29) is 0 Å². The number of benzene rings is 1. The van der Waals surface area contributed by atoms with Crippen LogP contribution in [0.2, 0.25) is 0 Å². The molecule has 0 aliphatic heterocycles. The van der Waals surface area contributed by atoms with Gasteiger partial charge in [-0.3, -0.25) is 9.52 Å². The highest BCUT2D eigenvalue weighted by atomic mass is 32.2. The van der Waals surface area contributed by atoms with Gasteiger partial charge >= 0.3 is 5.97 Å². The lowest BCUT2D eigenvalue weighted by Crippen LogP contribution is -2.19. The number of anilines is 1. The van der Waals surface area contributed by atoms with Crippen molar-refractivity contribution < 1.29 is 18.3 Å². The van der Waals surface area contributed by atoms with Gasteiger partial charge in [-0.1, -0.05) is 12.1 Å². The molecule has 2 N–H and O–H groups in total. The van der Waals surface area contributed by atoms with Crippen molar-refractivity contribution in [1.29, 1.82) is 5.26 Å². The predicted molar refractivity (Wildman–Crippen MR) is 74.7 cm³/mol. The summed E-state index contributed by atoms with van der Waals surface area (Å²) >= 11 is 0. The van der Waals surface area contributed by atoms with E-state index >= 15 is 0 Å². The Bertz CT molecular complexity index is 627. The van der Waals surface area contributed by atoms with Crippen LogP contribution in [0.5, 0.6) is 0 Å². The summed E-state index contributed by atoms with van der Waals surface area (Å²) in [5, 5.41) is 17.5. The molecule has 0 unspecified atom stereocenters. The number of carboxylic acid groups (broad SMARTS) is 1. The lowest BCUT2D eigenvalue weighted by atomic mass is 9.86. The Labute approximate surface area is 118 Å². The molecular formula is C13H16N2O4S. The first-order chi connectivity index (χ1) is 9.16. The van der Waals surface area contributed by atoms with Crippen molar-refractivity contribution in [1.82, 2.24) is 0 Å². The Morgan fingerprint density at radius 3 is 2.35 bits per heavy atom. The maximum absolute atomic E-state index is 11.6. The molecule has 0 amide bonds. The summed E-state index contributed by atoms with van der Waals surface area (Å²) in [5.41, 5.74) is 0.460. The van der Waals surface area contributed by atoms with Crippen LogP contribution in [0.1, 0.15) is 25.8 Å². The highest BCUT2D eigenvalue weighted by Crippen LogP contribution is 2.23. The second-order valence-electron chi connectivity index (χ2n) is 4.88. The second-order valence-corrected chi connectivity index (χ2v) is 6.72. The van der Waals surface area contributed by atoms with E-state index < -0.39 is 33.6 Å². The van der Waals surface area contributed by atoms with E-state index in [1.165, 1.54) is 0 Å². The maximum Gasteiger partial charge on any atom is 0.304 e. The largest absolute Gasteiger partial charge is 0.481 e. The molecule has 1 rings (SSSR count). The fourth-order valence-electron chi connectivity index (χ4n) is 1.47. The first kappa shape index (κ1) is 16.0. The predicted octanol–water partition coefficient (Wildman–Crippen LogP) is 1.70.